The molecule has 1 saturated heterocycles. The van der Waals surface area contributed by atoms with E-state index >= 15 is 0 Å². The molecule has 156 valence electrons. The van der Waals surface area contributed by atoms with E-state index in [1.807, 2.05) is 12.1 Å². The van der Waals surface area contributed by atoms with Gasteiger partial charge in [-0.15, -0.1) is 0 Å². The SMILES string of the molecule is O=C1CN(Cc2ccc3c(c2)CCN3Sc2cccc(OC3CCCC3)c2)C(=O)N1. The van der Waals surface area contributed by atoms with Crippen LogP contribution in [0.5, 0.6) is 5.75 Å². The van der Waals surface area contributed by atoms with Crippen LogP contribution in [0.2, 0.25) is 0 Å². The Morgan fingerprint density at radius 2 is 1.97 bits per heavy atom. The monoisotopic (exact) mass is 423 g/mol. The second-order valence-corrected chi connectivity index (χ2v) is 9.21. The fraction of sp³-hybridized carbons (Fsp3) is 0.391. The highest BCUT2D eigenvalue weighted by molar-refractivity contribution is 8.00. The standard InChI is InChI=1S/C23H25N3O3S/c27-22-15-25(23(28)24-22)14-16-8-9-21-17(12-16)10-11-26(21)30-20-7-3-6-19(13-20)29-18-4-1-2-5-18/h3,6-9,12-13,18H,1-2,4-5,10-11,14-15H2,(H,24,27,28). The van der Waals surface area contributed by atoms with Gasteiger partial charge in [-0.25, -0.2) is 4.79 Å². The first-order valence-electron chi connectivity index (χ1n) is 10.6. The lowest BCUT2D eigenvalue weighted by Gasteiger charge is -2.20. The molecule has 0 radical (unpaired) electrons. The molecule has 0 unspecified atom stereocenters. The number of imide groups is 1. The topological polar surface area (TPSA) is 61.9 Å². The van der Waals surface area contributed by atoms with Crippen molar-refractivity contribution in [3.05, 3.63) is 53.6 Å². The molecular formula is C23H25N3O3S. The number of nitrogens with one attached hydrogen (secondary N) is 1. The molecular weight excluding hydrogens is 398 g/mol. The minimum Gasteiger partial charge on any atom is -0.490 e. The van der Waals surface area contributed by atoms with E-state index in [9.17, 15) is 9.59 Å². The van der Waals surface area contributed by atoms with Crippen molar-refractivity contribution in [3.63, 3.8) is 0 Å². The number of urea groups is 1. The second kappa shape index (κ2) is 8.22. The van der Waals surface area contributed by atoms with Gasteiger partial charge in [-0.1, -0.05) is 18.2 Å². The number of benzene rings is 2. The first-order chi connectivity index (χ1) is 14.6. The van der Waals surface area contributed by atoms with E-state index in [0.29, 0.717) is 12.6 Å². The minimum atomic E-state index is -0.308. The number of anilines is 1. The summed E-state index contributed by atoms with van der Waals surface area (Å²) in [7, 11) is 0. The summed E-state index contributed by atoms with van der Waals surface area (Å²) in [6, 6.07) is 14.4. The lowest BCUT2D eigenvalue weighted by molar-refractivity contribution is -0.118. The van der Waals surface area contributed by atoms with E-state index in [4.69, 9.17) is 4.74 Å². The largest absolute Gasteiger partial charge is 0.490 e. The van der Waals surface area contributed by atoms with Gasteiger partial charge in [-0.3, -0.25) is 10.1 Å². The summed E-state index contributed by atoms with van der Waals surface area (Å²) in [6.45, 7) is 1.54. The van der Waals surface area contributed by atoms with Gasteiger partial charge in [-0.05, 0) is 79.4 Å². The Kier molecular flexibility index (Phi) is 5.29. The lowest BCUT2D eigenvalue weighted by Crippen LogP contribution is -2.27. The Hall–Kier alpha value is -2.67. The van der Waals surface area contributed by atoms with Crippen LogP contribution in [0.1, 0.15) is 36.8 Å². The molecule has 2 aromatic carbocycles. The molecule has 2 heterocycles. The summed E-state index contributed by atoms with van der Waals surface area (Å²) in [6.07, 6.45) is 6.19. The number of carbonyl (C=O) groups is 2. The quantitative estimate of drug-likeness (QED) is 0.559. The summed E-state index contributed by atoms with van der Waals surface area (Å²) < 4.78 is 8.47. The molecule has 2 aromatic rings. The zero-order valence-corrected chi connectivity index (χ0v) is 17.6. The van der Waals surface area contributed by atoms with Gasteiger partial charge >= 0.3 is 6.03 Å². The Morgan fingerprint density at radius 3 is 2.77 bits per heavy atom. The van der Waals surface area contributed by atoms with Crippen molar-refractivity contribution in [2.24, 2.45) is 0 Å². The van der Waals surface area contributed by atoms with Gasteiger partial charge in [0.05, 0.1) is 11.8 Å². The number of fused-ring (bicyclic) bond motifs is 1. The molecule has 1 N–H and O–H groups in total. The third-order valence-electron chi connectivity index (χ3n) is 5.86. The summed E-state index contributed by atoms with van der Waals surface area (Å²) in [5.41, 5.74) is 3.55. The Balaban J connectivity index is 1.25. The number of hydrogen-bond acceptors (Lipinski definition) is 5. The molecule has 0 atom stereocenters. The van der Waals surface area contributed by atoms with Crippen molar-refractivity contribution in [1.29, 1.82) is 0 Å². The molecule has 2 aliphatic heterocycles. The molecule has 2 fully saturated rings. The van der Waals surface area contributed by atoms with Crippen LogP contribution in [0.15, 0.2) is 47.4 Å². The van der Waals surface area contributed by atoms with E-state index in [0.717, 1.165) is 37.1 Å². The minimum absolute atomic E-state index is 0.136. The lowest BCUT2D eigenvalue weighted by atomic mass is 10.1. The Morgan fingerprint density at radius 1 is 1.10 bits per heavy atom. The first-order valence-corrected chi connectivity index (χ1v) is 11.3. The zero-order valence-electron chi connectivity index (χ0n) is 16.8. The van der Waals surface area contributed by atoms with Gasteiger partial charge in [0.2, 0.25) is 5.91 Å². The van der Waals surface area contributed by atoms with Gasteiger partial charge in [0.15, 0.2) is 0 Å². The van der Waals surface area contributed by atoms with Crippen molar-refractivity contribution in [3.8, 4) is 5.75 Å². The molecule has 1 aliphatic carbocycles. The van der Waals surface area contributed by atoms with E-state index < -0.39 is 0 Å². The zero-order chi connectivity index (χ0) is 20.5. The number of hydrogen-bond donors (Lipinski definition) is 1. The summed E-state index contributed by atoms with van der Waals surface area (Å²) >= 11 is 1.74. The van der Waals surface area contributed by atoms with Crippen LogP contribution in [0.4, 0.5) is 10.5 Å². The van der Waals surface area contributed by atoms with Crippen molar-refractivity contribution in [1.82, 2.24) is 10.2 Å². The van der Waals surface area contributed by atoms with Crippen molar-refractivity contribution < 1.29 is 14.3 Å². The predicted molar refractivity (Wildman–Crippen MR) is 117 cm³/mol. The smallest absolute Gasteiger partial charge is 0.324 e. The normalized spacial score (nSPS) is 18.8. The Labute approximate surface area is 180 Å². The molecule has 5 rings (SSSR count). The van der Waals surface area contributed by atoms with Crippen molar-refractivity contribution >= 4 is 29.6 Å². The highest BCUT2D eigenvalue weighted by Crippen LogP contribution is 2.38. The molecule has 3 aliphatic rings. The van der Waals surface area contributed by atoms with Crippen molar-refractivity contribution in [2.75, 3.05) is 17.4 Å². The van der Waals surface area contributed by atoms with Gasteiger partial charge in [0, 0.05) is 18.0 Å². The number of ether oxygens (including phenoxy) is 1. The third kappa shape index (κ3) is 4.12. The second-order valence-electron chi connectivity index (χ2n) is 8.12. The van der Waals surface area contributed by atoms with E-state index in [-0.39, 0.29) is 18.5 Å². The molecule has 0 spiro atoms. The number of nitrogens with zero attached hydrogens (tertiary/aromatic N) is 2. The molecule has 6 nitrogen and oxygen atoms in total. The number of carbonyl (C=O) groups excluding carboxylic acids is 2. The van der Waals surface area contributed by atoms with E-state index in [1.165, 1.54) is 29.0 Å². The highest BCUT2D eigenvalue weighted by Gasteiger charge is 2.27. The van der Waals surface area contributed by atoms with E-state index in [2.05, 4.69) is 40.0 Å². The van der Waals surface area contributed by atoms with Crippen LogP contribution in [-0.4, -0.2) is 36.0 Å². The van der Waals surface area contributed by atoms with Crippen LogP contribution in [0.25, 0.3) is 0 Å². The fourth-order valence-corrected chi connectivity index (χ4v) is 5.40. The number of amides is 3. The van der Waals surface area contributed by atoms with Crippen LogP contribution in [-0.2, 0) is 17.8 Å². The molecule has 0 bridgehead atoms. The first kappa shape index (κ1) is 19.3. The molecule has 0 aromatic heterocycles. The fourth-order valence-electron chi connectivity index (χ4n) is 4.38. The van der Waals surface area contributed by atoms with Gasteiger partial charge in [0.25, 0.3) is 0 Å². The van der Waals surface area contributed by atoms with Gasteiger partial charge < -0.3 is 13.9 Å². The maximum absolute atomic E-state index is 11.8. The maximum atomic E-state index is 11.8. The number of rotatable bonds is 6. The van der Waals surface area contributed by atoms with Crippen LogP contribution in [0, 0.1) is 0 Å². The molecule has 1 saturated carbocycles. The maximum Gasteiger partial charge on any atom is 0.324 e. The molecule has 30 heavy (non-hydrogen) atoms. The average molecular weight is 424 g/mol. The summed E-state index contributed by atoms with van der Waals surface area (Å²) in [5.74, 6) is 0.725. The van der Waals surface area contributed by atoms with Gasteiger partial charge in [0.1, 0.15) is 12.3 Å². The molecule has 7 heteroatoms. The Bertz CT molecular complexity index is 974. The summed E-state index contributed by atoms with van der Waals surface area (Å²) in [4.78, 5) is 25.9. The summed E-state index contributed by atoms with van der Waals surface area (Å²) in [5, 5.41) is 2.33. The average Bonchev–Trinajstić information content (AvgIpc) is 3.44. The van der Waals surface area contributed by atoms with Crippen molar-refractivity contribution in [2.45, 2.75) is 49.6 Å². The van der Waals surface area contributed by atoms with E-state index in [1.54, 1.807) is 16.8 Å². The highest BCUT2D eigenvalue weighted by atomic mass is 32.2. The van der Waals surface area contributed by atoms with Crippen LogP contribution in [0.3, 0.4) is 0 Å². The van der Waals surface area contributed by atoms with Gasteiger partial charge in [-0.2, -0.15) is 0 Å². The van der Waals surface area contributed by atoms with Crippen LogP contribution < -0.4 is 14.4 Å². The predicted octanol–water partition coefficient (Wildman–Crippen LogP) is 4.13. The third-order valence-corrected chi connectivity index (χ3v) is 6.93. The van der Waals surface area contributed by atoms with Crippen LogP contribution >= 0.6 is 11.9 Å². The molecule has 3 amide bonds.